The third kappa shape index (κ3) is 28.5. The van der Waals surface area contributed by atoms with E-state index in [9.17, 15) is 8.42 Å². The zero-order valence-electron chi connectivity index (χ0n) is 28.7. The summed E-state index contributed by atoms with van der Waals surface area (Å²) in [7, 11) is 3.11. The fraction of sp³-hybridized carbons (Fsp3) is 0.882. The van der Waals surface area contributed by atoms with Crippen molar-refractivity contribution in [2.75, 3.05) is 65.6 Å². The number of ether oxygens (including phenoxy) is 3. The van der Waals surface area contributed by atoms with E-state index < -0.39 is 15.9 Å². The van der Waals surface area contributed by atoms with Crippen LogP contribution in [0.2, 0.25) is 0 Å². The predicted molar refractivity (Wildman–Crippen MR) is 178 cm³/mol. The van der Waals surface area contributed by atoms with Crippen LogP contribution >= 0.6 is 0 Å². The first kappa shape index (κ1) is 43.0. The largest absolute Gasteiger partial charge is 1.00 e. The van der Waals surface area contributed by atoms with Gasteiger partial charge >= 0.3 is 6.01 Å². The molecule has 44 heavy (non-hydrogen) atoms. The van der Waals surface area contributed by atoms with E-state index in [1.807, 2.05) is 0 Å². The molecule has 0 amide bonds. The Bertz CT molecular complexity index is 856. The number of hydrogen-bond donors (Lipinski definition) is 0. The van der Waals surface area contributed by atoms with Gasteiger partial charge in [-0.25, -0.2) is 18.4 Å². The third-order valence-electron chi connectivity index (χ3n) is 7.56. The first-order valence-electron chi connectivity index (χ1n) is 17.3. The molecule has 1 aromatic heterocycles. The van der Waals surface area contributed by atoms with Crippen LogP contribution in [0.3, 0.4) is 0 Å². The zero-order chi connectivity index (χ0) is 31.5. The summed E-state index contributed by atoms with van der Waals surface area (Å²) in [4.78, 5) is 8.19. The Labute approximate surface area is 277 Å². The van der Waals surface area contributed by atoms with Gasteiger partial charge in [0.1, 0.15) is 6.10 Å². The minimum absolute atomic E-state index is 0. The Morgan fingerprint density at radius 2 is 1.16 bits per heavy atom. The monoisotopic (exact) mass is 663 g/mol. The minimum Gasteiger partial charge on any atom is -1.00 e. The van der Waals surface area contributed by atoms with Crippen molar-refractivity contribution >= 4 is 9.84 Å². The quantitative estimate of drug-likeness (QED) is 0.0859. The van der Waals surface area contributed by atoms with Gasteiger partial charge in [-0.3, -0.25) is 0 Å². The minimum atomic E-state index is -3.33. The molecule has 0 saturated carbocycles. The highest BCUT2D eigenvalue weighted by Gasteiger charge is 2.22. The number of hydrogen-bond acceptors (Lipinski definition) is 7. The SMILES string of the molecule is CCCCCCCCCCCCCCCCCCOCC(CS(=O)(=O)CCCOCCC[N+](C)(C)C)Oc1ncccn1.[Cl-]. The van der Waals surface area contributed by atoms with Gasteiger partial charge in [0, 0.05) is 32.0 Å². The molecule has 0 radical (unpaired) electrons. The highest BCUT2D eigenvalue weighted by atomic mass is 35.5. The molecule has 0 aliphatic rings. The lowest BCUT2D eigenvalue weighted by Crippen LogP contribution is -3.00. The van der Waals surface area contributed by atoms with Crippen LogP contribution < -0.4 is 17.1 Å². The molecule has 1 unspecified atom stereocenters. The van der Waals surface area contributed by atoms with Gasteiger partial charge < -0.3 is 31.1 Å². The summed E-state index contributed by atoms with van der Waals surface area (Å²) < 4.78 is 43.8. The molecule has 0 spiro atoms. The normalized spacial score (nSPS) is 12.6. The van der Waals surface area contributed by atoms with Crippen molar-refractivity contribution < 1.29 is 39.5 Å². The molecule has 260 valence electrons. The number of unbranched alkanes of at least 4 members (excludes halogenated alkanes) is 15. The van der Waals surface area contributed by atoms with Crippen LogP contribution in [-0.2, 0) is 19.3 Å². The molecule has 0 aliphatic heterocycles. The van der Waals surface area contributed by atoms with Gasteiger partial charge in [0.25, 0.3) is 0 Å². The second-order valence-corrected chi connectivity index (χ2v) is 15.3. The Morgan fingerprint density at radius 1 is 0.682 bits per heavy atom. The Balaban J connectivity index is 0.0000185. The molecule has 0 N–H and O–H groups in total. The molecule has 1 rings (SSSR count). The van der Waals surface area contributed by atoms with Crippen LogP contribution in [0.4, 0.5) is 0 Å². The van der Waals surface area contributed by atoms with Crippen molar-refractivity contribution in [1.82, 2.24) is 9.97 Å². The van der Waals surface area contributed by atoms with Crippen LogP contribution in [0, 0.1) is 0 Å². The number of halogens is 1. The molecule has 1 atom stereocenters. The van der Waals surface area contributed by atoms with Gasteiger partial charge in [0.2, 0.25) is 0 Å². The van der Waals surface area contributed by atoms with Crippen LogP contribution in [0.1, 0.15) is 122 Å². The van der Waals surface area contributed by atoms with Gasteiger partial charge in [-0.15, -0.1) is 0 Å². The van der Waals surface area contributed by atoms with Crippen LogP contribution in [0.5, 0.6) is 6.01 Å². The van der Waals surface area contributed by atoms with Crippen molar-refractivity contribution in [3.63, 3.8) is 0 Å². The van der Waals surface area contributed by atoms with E-state index in [2.05, 4.69) is 38.0 Å². The Morgan fingerprint density at radius 3 is 1.68 bits per heavy atom. The Kier molecular flexibility index (Phi) is 27.6. The number of aromatic nitrogens is 2. The summed E-state index contributed by atoms with van der Waals surface area (Å²) in [6, 6.07) is 1.88. The molecular weight excluding hydrogens is 598 g/mol. The van der Waals surface area contributed by atoms with Gasteiger partial charge in [0.05, 0.1) is 52.4 Å². The van der Waals surface area contributed by atoms with E-state index in [1.54, 1.807) is 18.5 Å². The maximum Gasteiger partial charge on any atom is 0.316 e. The van der Waals surface area contributed by atoms with Crippen LogP contribution in [0.25, 0.3) is 0 Å². The van der Waals surface area contributed by atoms with Gasteiger partial charge in [-0.2, -0.15) is 0 Å². The standard InChI is InChI=1S/C34H66N3O5S.ClH/c1-5-6-7-8-9-10-11-12-13-14-15-16-17-18-19-20-27-41-31-33(42-34-35-24-21-25-36-34)32-43(38,39)30-23-29-40-28-22-26-37(2,3)4;/h21,24-25,33H,5-20,22-23,26-32H2,1-4H3;1H/q+1;/p-1. The average Bonchev–Trinajstić information content (AvgIpc) is 2.95. The fourth-order valence-corrected chi connectivity index (χ4v) is 6.52. The maximum absolute atomic E-state index is 12.8. The topological polar surface area (TPSA) is 87.6 Å². The number of quaternary nitrogens is 1. The molecule has 0 aromatic carbocycles. The lowest BCUT2D eigenvalue weighted by atomic mass is 10.0. The number of nitrogens with zero attached hydrogens (tertiary/aromatic N) is 3. The zero-order valence-corrected chi connectivity index (χ0v) is 30.2. The Hall–Kier alpha value is -1.000. The lowest BCUT2D eigenvalue weighted by molar-refractivity contribution is -0.870. The van der Waals surface area contributed by atoms with Gasteiger partial charge in [0.15, 0.2) is 9.84 Å². The molecule has 1 heterocycles. The summed E-state index contributed by atoms with van der Waals surface area (Å²) in [6.45, 7) is 5.21. The molecule has 10 heteroatoms. The van der Waals surface area contributed by atoms with Crippen LogP contribution in [0.15, 0.2) is 18.5 Å². The molecule has 0 bridgehead atoms. The smallest absolute Gasteiger partial charge is 0.316 e. The third-order valence-corrected chi connectivity index (χ3v) is 9.35. The first-order valence-corrected chi connectivity index (χ1v) is 19.1. The first-order chi connectivity index (χ1) is 20.7. The molecule has 1 aromatic rings. The van der Waals surface area contributed by atoms with Gasteiger partial charge in [-0.05, 0) is 18.9 Å². The highest BCUT2D eigenvalue weighted by Crippen LogP contribution is 2.14. The summed E-state index contributed by atoms with van der Waals surface area (Å²) in [5.74, 6) is -0.0529. The van der Waals surface area contributed by atoms with E-state index in [0.29, 0.717) is 26.2 Å². The van der Waals surface area contributed by atoms with E-state index in [4.69, 9.17) is 14.2 Å². The van der Waals surface area contributed by atoms with Crippen molar-refractivity contribution in [2.45, 2.75) is 129 Å². The lowest BCUT2D eigenvalue weighted by Gasteiger charge is -2.23. The second kappa shape index (κ2) is 28.2. The van der Waals surface area contributed by atoms with E-state index in [0.717, 1.165) is 30.3 Å². The number of sulfone groups is 1. The second-order valence-electron chi connectivity index (χ2n) is 13.1. The van der Waals surface area contributed by atoms with Crippen LogP contribution in [-0.4, -0.2) is 94.6 Å². The summed E-state index contributed by atoms with van der Waals surface area (Å²) >= 11 is 0. The van der Waals surface area contributed by atoms with E-state index in [-0.39, 0.29) is 36.5 Å². The van der Waals surface area contributed by atoms with Crippen molar-refractivity contribution in [1.29, 1.82) is 0 Å². The van der Waals surface area contributed by atoms with Crippen molar-refractivity contribution in [3.8, 4) is 6.01 Å². The van der Waals surface area contributed by atoms with Crippen molar-refractivity contribution in [2.24, 2.45) is 0 Å². The maximum atomic E-state index is 12.8. The van der Waals surface area contributed by atoms with Crippen molar-refractivity contribution in [3.05, 3.63) is 18.5 Å². The molecule has 0 fully saturated rings. The fourth-order valence-electron chi connectivity index (χ4n) is 5.07. The summed E-state index contributed by atoms with van der Waals surface area (Å²) in [6.07, 6.45) is 25.2. The number of rotatable bonds is 31. The average molecular weight is 664 g/mol. The predicted octanol–water partition coefficient (Wildman–Crippen LogP) is 4.42. The van der Waals surface area contributed by atoms with E-state index in [1.165, 1.54) is 89.9 Å². The molecular formula is C34H66ClN3O5S. The molecule has 0 saturated heterocycles. The molecule has 8 nitrogen and oxygen atoms in total. The highest BCUT2D eigenvalue weighted by molar-refractivity contribution is 7.91. The van der Waals surface area contributed by atoms with Gasteiger partial charge in [-0.1, -0.05) is 103 Å². The summed E-state index contributed by atoms with van der Waals surface area (Å²) in [5, 5.41) is 0. The summed E-state index contributed by atoms with van der Waals surface area (Å²) in [5.41, 5.74) is 0. The van der Waals surface area contributed by atoms with E-state index >= 15 is 0 Å². The molecule has 0 aliphatic carbocycles.